The maximum atomic E-state index is 10.8. The van der Waals surface area contributed by atoms with Crippen LogP contribution in [-0.4, -0.2) is 24.4 Å². The molecule has 1 heterocycles. The molecule has 2 N–H and O–H groups in total. The topological polar surface area (TPSA) is 58.2 Å². The van der Waals surface area contributed by atoms with Crippen LogP contribution in [0.25, 0.3) is 0 Å². The summed E-state index contributed by atoms with van der Waals surface area (Å²) in [6.07, 6.45) is 0.832. The molecule has 1 unspecified atom stereocenters. The minimum Gasteiger partial charge on any atom is -0.306 e. The highest BCUT2D eigenvalue weighted by Gasteiger charge is 2.24. The van der Waals surface area contributed by atoms with Gasteiger partial charge in [0, 0.05) is 6.92 Å². The molecule has 1 saturated heterocycles. The van der Waals surface area contributed by atoms with Crippen LogP contribution in [0.1, 0.15) is 13.3 Å². The fourth-order valence-corrected chi connectivity index (χ4v) is 0.773. The highest BCUT2D eigenvalue weighted by molar-refractivity contribution is 5.97. The SMILES string of the molecule is CC(=O)NC(=O)C1CCN1. The molecule has 0 aromatic carbocycles. The molecule has 1 aliphatic heterocycles. The molecule has 0 aliphatic carbocycles. The number of carbonyl (C=O) groups excluding carboxylic acids is 2. The summed E-state index contributed by atoms with van der Waals surface area (Å²) in [5.41, 5.74) is 0. The largest absolute Gasteiger partial charge is 0.306 e. The Kier molecular flexibility index (Phi) is 2.01. The van der Waals surface area contributed by atoms with E-state index < -0.39 is 0 Å². The quantitative estimate of drug-likeness (QED) is 0.494. The molecular weight excluding hydrogens is 132 g/mol. The second-order valence-corrected chi connectivity index (χ2v) is 2.34. The fraction of sp³-hybridized carbons (Fsp3) is 0.667. The van der Waals surface area contributed by atoms with Crippen molar-refractivity contribution in [2.24, 2.45) is 0 Å². The zero-order chi connectivity index (χ0) is 7.56. The average molecular weight is 142 g/mol. The van der Waals surface area contributed by atoms with E-state index in [1.807, 2.05) is 0 Å². The Balaban J connectivity index is 2.27. The van der Waals surface area contributed by atoms with E-state index >= 15 is 0 Å². The van der Waals surface area contributed by atoms with Crippen molar-refractivity contribution >= 4 is 11.8 Å². The summed E-state index contributed by atoms with van der Waals surface area (Å²) < 4.78 is 0. The van der Waals surface area contributed by atoms with Gasteiger partial charge in [-0.25, -0.2) is 0 Å². The van der Waals surface area contributed by atoms with E-state index in [0.29, 0.717) is 0 Å². The lowest BCUT2D eigenvalue weighted by atomic mass is 10.1. The maximum absolute atomic E-state index is 10.8. The molecule has 0 bridgehead atoms. The summed E-state index contributed by atoms with van der Waals surface area (Å²) in [5.74, 6) is -0.502. The van der Waals surface area contributed by atoms with E-state index in [1.165, 1.54) is 6.92 Å². The van der Waals surface area contributed by atoms with Gasteiger partial charge < -0.3 is 5.32 Å². The van der Waals surface area contributed by atoms with Crippen LogP contribution in [0.5, 0.6) is 0 Å². The molecule has 10 heavy (non-hydrogen) atoms. The summed E-state index contributed by atoms with van der Waals surface area (Å²) in [7, 11) is 0. The zero-order valence-corrected chi connectivity index (χ0v) is 5.81. The van der Waals surface area contributed by atoms with Crippen LogP contribution < -0.4 is 10.6 Å². The molecule has 4 heteroatoms. The van der Waals surface area contributed by atoms with E-state index in [-0.39, 0.29) is 17.9 Å². The molecule has 2 amide bonds. The van der Waals surface area contributed by atoms with E-state index in [0.717, 1.165) is 13.0 Å². The van der Waals surface area contributed by atoms with Crippen LogP contribution in [0.4, 0.5) is 0 Å². The summed E-state index contributed by atoms with van der Waals surface area (Å²) >= 11 is 0. The molecule has 0 saturated carbocycles. The zero-order valence-electron chi connectivity index (χ0n) is 5.81. The molecule has 4 nitrogen and oxygen atoms in total. The van der Waals surface area contributed by atoms with Crippen LogP contribution >= 0.6 is 0 Å². The van der Waals surface area contributed by atoms with E-state index in [4.69, 9.17) is 0 Å². The van der Waals surface area contributed by atoms with Gasteiger partial charge in [0.25, 0.3) is 0 Å². The Morgan fingerprint density at radius 3 is 2.50 bits per heavy atom. The van der Waals surface area contributed by atoms with Crippen LogP contribution in [0.15, 0.2) is 0 Å². The lowest BCUT2D eigenvalue weighted by Gasteiger charge is -2.25. The van der Waals surface area contributed by atoms with Gasteiger partial charge in [-0.15, -0.1) is 0 Å². The van der Waals surface area contributed by atoms with Gasteiger partial charge in [-0.2, -0.15) is 0 Å². The second kappa shape index (κ2) is 2.79. The lowest BCUT2D eigenvalue weighted by molar-refractivity contribution is -0.131. The van der Waals surface area contributed by atoms with Crippen molar-refractivity contribution in [1.82, 2.24) is 10.6 Å². The Hall–Kier alpha value is -0.900. The van der Waals surface area contributed by atoms with Crippen molar-refractivity contribution in [3.8, 4) is 0 Å². The molecule has 1 aliphatic rings. The van der Waals surface area contributed by atoms with E-state index in [9.17, 15) is 9.59 Å². The summed E-state index contributed by atoms with van der Waals surface area (Å²) in [5, 5.41) is 5.09. The maximum Gasteiger partial charge on any atom is 0.243 e. The Labute approximate surface area is 59.0 Å². The summed E-state index contributed by atoms with van der Waals surface area (Å²) in [4.78, 5) is 21.2. The van der Waals surface area contributed by atoms with Gasteiger partial charge in [0.05, 0.1) is 6.04 Å². The summed E-state index contributed by atoms with van der Waals surface area (Å²) in [6, 6.07) is -0.135. The first-order valence-corrected chi connectivity index (χ1v) is 3.25. The normalized spacial score (nSPS) is 23.1. The average Bonchev–Trinajstić information content (AvgIpc) is 1.55. The van der Waals surface area contributed by atoms with Gasteiger partial charge in [-0.1, -0.05) is 0 Å². The number of amides is 2. The minimum absolute atomic E-state index is 0.135. The molecule has 1 rings (SSSR count). The van der Waals surface area contributed by atoms with Crippen LogP contribution in [-0.2, 0) is 9.59 Å². The number of nitrogens with one attached hydrogen (secondary N) is 2. The standard InChI is InChI=1S/C6H10N2O2/c1-4(9)8-6(10)5-2-3-7-5/h5,7H,2-3H2,1H3,(H,8,9,10). The molecule has 1 atom stereocenters. The van der Waals surface area contributed by atoms with Gasteiger partial charge in [0.15, 0.2) is 0 Å². The predicted molar refractivity (Wildman–Crippen MR) is 35.2 cm³/mol. The van der Waals surface area contributed by atoms with E-state index in [1.54, 1.807) is 0 Å². The van der Waals surface area contributed by atoms with Crippen molar-refractivity contribution in [2.75, 3.05) is 6.54 Å². The summed E-state index contributed by atoms with van der Waals surface area (Å²) in [6.45, 7) is 2.20. The number of hydrogen-bond donors (Lipinski definition) is 2. The molecule has 0 spiro atoms. The number of rotatable bonds is 1. The van der Waals surface area contributed by atoms with Gasteiger partial charge in [-0.05, 0) is 13.0 Å². The van der Waals surface area contributed by atoms with E-state index in [2.05, 4.69) is 10.6 Å². The van der Waals surface area contributed by atoms with Gasteiger partial charge in [0.1, 0.15) is 0 Å². The third-order valence-corrected chi connectivity index (χ3v) is 1.44. The molecule has 0 aromatic rings. The van der Waals surface area contributed by atoms with Crippen LogP contribution in [0, 0.1) is 0 Å². The second-order valence-electron chi connectivity index (χ2n) is 2.34. The number of imide groups is 1. The van der Waals surface area contributed by atoms with Crippen molar-refractivity contribution in [3.63, 3.8) is 0 Å². The van der Waals surface area contributed by atoms with Crippen LogP contribution in [0.3, 0.4) is 0 Å². The lowest BCUT2D eigenvalue weighted by Crippen LogP contribution is -2.53. The Bertz CT molecular complexity index is 163. The Morgan fingerprint density at radius 1 is 1.60 bits per heavy atom. The smallest absolute Gasteiger partial charge is 0.243 e. The van der Waals surface area contributed by atoms with Crippen molar-refractivity contribution in [1.29, 1.82) is 0 Å². The van der Waals surface area contributed by atoms with Gasteiger partial charge in [-0.3, -0.25) is 14.9 Å². The van der Waals surface area contributed by atoms with Gasteiger partial charge >= 0.3 is 0 Å². The number of carbonyl (C=O) groups is 2. The van der Waals surface area contributed by atoms with Crippen molar-refractivity contribution < 1.29 is 9.59 Å². The highest BCUT2D eigenvalue weighted by atomic mass is 16.2. The third kappa shape index (κ3) is 1.54. The predicted octanol–water partition coefficient (Wildman–Crippen LogP) is -0.989. The molecule has 56 valence electrons. The third-order valence-electron chi connectivity index (χ3n) is 1.44. The monoisotopic (exact) mass is 142 g/mol. The minimum atomic E-state index is -0.293. The molecule has 0 aromatic heterocycles. The van der Waals surface area contributed by atoms with Gasteiger partial charge in [0.2, 0.25) is 11.8 Å². The Morgan fingerprint density at radius 2 is 2.20 bits per heavy atom. The van der Waals surface area contributed by atoms with Crippen molar-refractivity contribution in [3.05, 3.63) is 0 Å². The van der Waals surface area contributed by atoms with Crippen molar-refractivity contribution in [2.45, 2.75) is 19.4 Å². The van der Waals surface area contributed by atoms with Crippen LogP contribution in [0.2, 0.25) is 0 Å². The first kappa shape index (κ1) is 7.21. The molecule has 0 radical (unpaired) electrons. The highest BCUT2D eigenvalue weighted by Crippen LogP contribution is 2.00. The first-order valence-electron chi connectivity index (χ1n) is 3.25. The molecular formula is C6H10N2O2. The molecule has 1 fully saturated rings. The fourth-order valence-electron chi connectivity index (χ4n) is 0.773. The number of hydrogen-bond acceptors (Lipinski definition) is 3. The first-order chi connectivity index (χ1) is 4.70.